The zero-order valence-electron chi connectivity index (χ0n) is 12.5. The molecule has 19 heavy (non-hydrogen) atoms. The molecule has 104 valence electrons. The molecule has 1 heterocycles. The monoisotopic (exact) mass is 261 g/mol. The molecule has 0 spiro atoms. The standard InChI is InChI=1S/C16H23NO2/c1-6-19-13-7-12(10-18)15-14(8-13)11(2)9-16(3,4)17(15)5/h7-8,10-11H,6,9H2,1-5H3/t11-/m0/s1. The van der Waals surface area contributed by atoms with Gasteiger partial charge in [0.15, 0.2) is 6.29 Å². The third-order valence-electron chi connectivity index (χ3n) is 4.16. The molecule has 0 amide bonds. The van der Waals surface area contributed by atoms with Crippen LogP contribution in [-0.2, 0) is 0 Å². The molecule has 0 aromatic heterocycles. The number of aldehydes is 1. The van der Waals surface area contributed by atoms with Crippen LogP contribution in [-0.4, -0.2) is 25.5 Å². The second-order valence-electron chi connectivity index (χ2n) is 5.98. The molecule has 0 saturated carbocycles. The third kappa shape index (κ3) is 2.34. The molecule has 3 nitrogen and oxygen atoms in total. The molecule has 0 N–H and O–H groups in total. The number of carbonyl (C=O) groups is 1. The summed E-state index contributed by atoms with van der Waals surface area (Å²) in [5.74, 6) is 1.23. The predicted molar refractivity (Wildman–Crippen MR) is 78.5 cm³/mol. The highest BCUT2D eigenvalue weighted by molar-refractivity contribution is 5.88. The lowest BCUT2D eigenvalue weighted by atomic mass is 9.79. The molecule has 0 aliphatic carbocycles. The highest BCUT2D eigenvalue weighted by Gasteiger charge is 2.35. The molecule has 1 aliphatic heterocycles. The van der Waals surface area contributed by atoms with Gasteiger partial charge in [-0.25, -0.2) is 0 Å². The van der Waals surface area contributed by atoms with Gasteiger partial charge in [0.2, 0.25) is 0 Å². The Bertz CT molecular complexity index is 494. The van der Waals surface area contributed by atoms with Gasteiger partial charge in [0.05, 0.1) is 12.3 Å². The maximum absolute atomic E-state index is 11.4. The SMILES string of the molecule is CCOc1cc(C=O)c2c(c1)[C@@H](C)CC(C)(C)N2C. The summed E-state index contributed by atoms with van der Waals surface area (Å²) in [6, 6.07) is 3.93. The van der Waals surface area contributed by atoms with E-state index in [1.54, 1.807) is 0 Å². The smallest absolute Gasteiger partial charge is 0.152 e. The Morgan fingerprint density at radius 3 is 2.74 bits per heavy atom. The van der Waals surface area contributed by atoms with Gasteiger partial charge < -0.3 is 9.64 Å². The first-order chi connectivity index (χ1) is 8.90. The van der Waals surface area contributed by atoms with E-state index in [1.807, 2.05) is 13.0 Å². The van der Waals surface area contributed by atoms with Gasteiger partial charge in [-0.05, 0) is 50.8 Å². The molecular weight excluding hydrogens is 238 g/mol. The van der Waals surface area contributed by atoms with Gasteiger partial charge in [-0.3, -0.25) is 4.79 Å². The zero-order valence-corrected chi connectivity index (χ0v) is 12.5. The molecule has 0 fully saturated rings. The molecule has 0 radical (unpaired) electrons. The van der Waals surface area contributed by atoms with E-state index in [1.165, 1.54) is 5.56 Å². The third-order valence-corrected chi connectivity index (χ3v) is 4.16. The van der Waals surface area contributed by atoms with Crippen molar-refractivity contribution >= 4 is 12.0 Å². The number of anilines is 1. The van der Waals surface area contributed by atoms with E-state index < -0.39 is 0 Å². The van der Waals surface area contributed by atoms with Crippen LogP contribution >= 0.6 is 0 Å². The Balaban J connectivity index is 2.61. The fourth-order valence-corrected chi connectivity index (χ4v) is 3.05. The molecule has 0 saturated heterocycles. The molecule has 3 heteroatoms. The van der Waals surface area contributed by atoms with E-state index in [0.29, 0.717) is 12.5 Å². The number of carbonyl (C=O) groups excluding carboxylic acids is 1. The van der Waals surface area contributed by atoms with Crippen LogP contribution in [0.4, 0.5) is 5.69 Å². The minimum Gasteiger partial charge on any atom is -0.494 e. The van der Waals surface area contributed by atoms with Crippen molar-refractivity contribution < 1.29 is 9.53 Å². The Kier molecular flexibility index (Phi) is 3.57. The van der Waals surface area contributed by atoms with Crippen molar-refractivity contribution in [3.8, 4) is 5.75 Å². The van der Waals surface area contributed by atoms with Gasteiger partial charge in [-0.15, -0.1) is 0 Å². The summed E-state index contributed by atoms with van der Waals surface area (Å²) >= 11 is 0. The summed E-state index contributed by atoms with van der Waals surface area (Å²) in [6.45, 7) is 9.23. The highest BCUT2D eigenvalue weighted by Crippen LogP contribution is 2.45. The Morgan fingerprint density at radius 2 is 2.16 bits per heavy atom. The van der Waals surface area contributed by atoms with Crippen molar-refractivity contribution in [2.75, 3.05) is 18.6 Å². The van der Waals surface area contributed by atoms with E-state index in [9.17, 15) is 4.79 Å². The average molecular weight is 261 g/mol. The van der Waals surface area contributed by atoms with E-state index in [2.05, 4.69) is 38.8 Å². The van der Waals surface area contributed by atoms with Crippen LogP contribution in [0, 0.1) is 0 Å². The number of ether oxygens (including phenoxy) is 1. The number of nitrogens with zero attached hydrogens (tertiary/aromatic N) is 1. The number of benzene rings is 1. The summed E-state index contributed by atoms with van der Waals surface area (Å²) in [4.78, 5) is 13.6. The second-order valence-corrected chi connectivity index (χ2v) is 5.98. The van der Waals surface area contributed by atoms with Gasteiger partial charge in [-0.2, -0.15) is 0 Å². The summed E-state index contributed by atoms with van der Waals surface area (Å²) in [5, 5.41) is 0. The maximum Gasteiger partial charge on any atom is 0.152 e. The molecule has 1 atom stereocenters. The summed E-state index contributed by atoms with van der Waals surface area (Å²) in [6.07, 6.45) is 2.01. The molecule has 2 rings (SSSR count). The first kappa shape index (κ1) is 13.9. The Hall–Kier alpha value is -1.51. The maximum atomic E-state index is 11.4. The minimum absolute atomic E-state index is 0.0668. The molecule has 0 unspecified atom stereocenters. The van der Waals surface area contributed by atoms with Crippen molar-refractivity contribution in [3.63, 3.8) is 0 Å². The van der Waals surface area contributed by atoms with Crippen molar-refractivity contribution in [1.82, 2.24) is 0 Å². The van der Waals surface area contributed by atoms with Crippen LogP contribution in [0.1, 0.15) is 56.0 Å². The van der Waals surface area contributed by atoms with E-state index in [0.717, 1.165) is 29.7 Å². The van der Waals surface area contributed by atoms with Crippen LogP contribution in [0.25, 0.3) is 0 Å². The van der Waals surface area contributed by atoms with E-state index >= 15 is 0 Å². The quantitative estimate of drug-likeness (QED) is 0.778. The van der Waals surface area contributed by atoms with Gasteiger partial charge in [-0.1, -0.05) is 6.92 Å². The second kappa shape index (κ2) is 4.87. The Morgan fingerprint density at radius 1 is 1.47 bits per heavy atom. The molecule has 0 bridgehead atoms. The van der Waals surface area contributed by atoms with Gasteiger partial charge in [0.25, 0.3) is 0 Å². The molecular formula is C16H23NO2. The van der Waals surface area contributed by atoms with E-state index in [-0.39, 0.29) is 5.54 Å². The number of hydrogen-bond donors (Lipinski definition) is 0. The van der Waals surface area contributed by atoms with Gasteiger partial charge in [0.1, 0.15) is 5.75 Å². The van der Waals surface area contributed by atoms with Crippen LogP contribution in [0.15, 0.2) is 12.1 Å². The molecule has 1 aromatic rings. The topological polar surface area (TPSA) is 29.5 Å². The number of rotatable bonds is 3. The molecule has 1 aliphatic rings. The van der Waals surface area contributed by atoms with E-state index in [4.69, 9.17) is 4.74 Å². The van der Waals surface area contributed by atoms with Gasteiger partial charge in [0, 0.05) is 18.2 Å². The molecule has 1 aromatic carbocycles. The van der Waals surface area contributed by atoms with Crippen molar-refractivity contribution in [1.29, 1.82) is 0 Å². The average Bonchev–Trinajstić information content (AvgIpc) is 2.35. The fraction of sp³-hybridized carbons (Fsp3) is 0.562. The normalized spacial score (nSPS) is 20.9. The van der Waals surface area contributed by atoms with Crippen molar-refractivity contribution in [2.45, 2.75) is 45.6 Å². The summed E-state index contributed by atoms with van der Waals surface area (Å²) in [5.41, 5.74) is 3.07. The largest absolute Gasteiger partial charge is 0.494 e. The zero-order chi connectivity index (χ0) is 14.2. The number of hydrogen-bond acceptors (Lipinski definition) is 3. The lowest BCUT2D eigenvalue weighted by Gasteiger charge is -2.46. The highest BCUT2D eigenvalue weighted by atomic mass is 16.5. The predicted octanol–water partition coefficient (Wildman–Crippen LogP) is 3.62. The first-order valence-electron chi connectivity index (χ1n) is 6.90. The van der Waals surface area contributed by atoms with Gasteiger partial charge >= 0.3 is 0 Å². The lowest BCUT2D eigenvalue weighted by molar-refractivity contribution is 0.112. The Labute approximate surface area is 115 Å². The number of fused-ring (bicyclic) bond motifs is 1. The van der Waals surface area contributed by atoms with Crippen LogP contribution in [0.3, 0.4) is 0 Å². The first-order valence-corrected chi connectivity index (χ1v) is 6.90. The van der Waals surface area contributed by atoms with Crippen LogP contribution in [0.5, 0.6) is 5.75 Å². The van der Waals surface area contributed by atoms with Crippen LogP contribution in [0.2, 0.25) is 0 Å². The fourth-order valence-electron chi connectivity index (χ4n) is 3.05. The summed E-state index contributed by atoms with van der Waals surface area (Å²) < 4.78 is 5.57. The van der Waals surface area contributed by atoms with Crippen molar-refractivity contribution in [3.05, 3.63) is 23.3 Å². The minimum atomic E-state index is 0.0668. The lowest BCUT2D eigenvalue weighted by Crippen LogP contribution is -2.46. The van der Waals surface area contributed by atoms with Crippen LogP contribution < -0.4 is 9.64 Å². The summed E-state index contributed by atoms with van der Waals surface area (Å²) in [7, 11) is 2.07. The van der Waals surface area contributed by atoms with Crippen molar-refractivity contribution in [2.24, 2.45) is 0 Å².